The van der Waals surface area contributed by atoms with Crippen LogP contribution in [-0.4, -0.2) is 23.9 Å². The fourth-order valence-electron chi connectivity index (χ4n) is 3.34. The predicted octanol–water partition coefficient (Wildman–Crippen LogP) is 3.85. The van der Waals surface area contributed by atoms with Crippen molar-refractivity contribution in [1.82, 2.24) is 10.2 Å². The van der Waals surface area contributed by atoms with E-state index in [0.717, 1.165) is 21.9 Å². The number of nitrogens with zero attached hydrogens (tertiary/aromatic N) is 1. The highest BCUT2D eigenvalue weighted by molar-refractivity contribution is 6.10. The van der Waals surface area contributed by atoms with E-state index < -0.39 is 12.3 Å². The van der Waals surface area contributed by atoms with E-state index in [2.05, 4.69) is 5.32 Å². The molecular formula is C21H18N2O3. The molecule has 26 heavy (non-hydrogen) atoms. The summed E-state index contributed by atoms with van der Waals surface area (Å²) in [5.41, 5.74) is 2.44. The fraction of sp³-hybridized carbons (Fsp3) is 0.143. The van der Waals surface area contributed by atoms with E-state index in [0.29, 0.717) is 5.56 Å². The first kappa shape index (κ1) is 16.1. The van der Waals surface area contributed by atoms with E-state index in [1.165, 1.54) is 4.90 Å². The molecule has 1 unspecified atom stereocenters. The van der Waals surface area contributed by atoms with Crippen molar-refractivity contribution in [3.05, 3.63) is 83.4 Å². The normalized spacial score (nSPS) is 15.8. The van der Waals surface area contributed by atoms with Gasteiger partial charge in [0.05, 0.1) is 0 Å². The van der Waals surface area contributed by atoms with Crippen molar-refractivity contribution in [2.75, 3.05) is 7.05 Å². The Balaban J connectivity index is 1.59. The second-order valence-electron chi connectivity index (χ2n) is 6.28. The lowest BCUT2D eigenvalue weighted by Crippen LogP contribution is -2.44. The summed E-state index contributed by atoms with van der Waals surface area (Å²) in [7, 11) is 1.68. The fourth-order valence-corrected chi connectivity index (χ4v) is 3.34. The Morgan fingerprint density at radius 1 is 1.04 bits per heavy atom. The van der Waals surface area contributed by atoms with Crippen molar-refractivity contribution >= 4 is 22.8 Å². The van der Waals surface area contributed by atoms with Crippen molar-refractivity contribution in [1.29, 1.82) is 0 Å². The van der Waals surface area contributed by atoms with E-state index in [9.17, 15) is 9.59 Å². The Bertz CT molecular complexity index is 980. The van der Waals surface area contributed by atoms with Gasteiger partial charge in [-0.1, -0.05) is 60.7 Å². The lowest BCUT2D eigenvalue weighted by Gasteiger charge is -2.34. The number of hydrogen-bond donors (Lipinski definition) is 1. The highest BCUT2D eigenvalue weighted by atomic mass is 16.5. The Labute approximate surface area is 151 Å². The molecule has 1 atom stereocenters. The molecule has 0 fully saturated rings. The molecule has 5 heteroatoms. The first-order chi connectivity index (χ1) is 12.6. The van der Waals surface area contributed by atoms with Crippen LogP contribution in [0.2, 0.25) is 0 Å². The van der Waals surface area contributed by atoms with E-state index in [1.807, 2.05) is 66.7 Å². The van der Waals surface area contributed by atoms with Gasteiger partial charge in [0.15, 0.2) is 0 Å². The minimum atomic E-state index is -0.565. The maximum atomic E-state index is 12.7. The van der Waals surface area contributed by atoms with Crippen LogP contribution in [0, 0.1) is 0 Å². The number of amides is 2. The molecule has 3 aromatic rings. The molecule has 1 N–H and O–H groups in total. The minimum Gasteiger partial charge on any atom is -0.445 e. The van der Waals surface area contributed by atoms with Crippen LogP contribution in [0.4, 0.5) is 4.79 Å². The van der Waals surface area contributed by atoms with Gasteiger partial charge >= 0.3 is 6.09 Å². The zero-order valence-corrected chi connectivity index (χ0v) is 14.3. The summed E-state index contributed by atoms with van der Waals surface area (Å²) in [6.45, 7) is 0.178. The zero-order chi connectivity index (χ0) is 18.1. The number of nitrogens with one attached hydrogen (secondary N) is 1. The molecule has 0 bridgehead atoms. The van der Waals surface area contributed by atoms with Crippen molar-refractivity contribution in [3.63, 3.8) is 0 Å². The van der Waals surface area contributed by atoms with Gasteiger partial charge in [-0.05, 0) is 17.0 Å². The maximum absolute atomic E-state index is 12.7. The topological polar surface area (TPSA) is 58.6 Å². The molecule has 4 rings (SSSR count). The first-order valence-corrected chi connectivity index (χ1v) is 8.41. The molecule has 1 heterocycles. The average molecular weight is 346 g/mol. The third-order valence-electron chi connectivity index (χ3n) is 4.64. The molecule has 3 aromatic carbocycles. The van der Waals surface area contributed by atoms with E-state index in [4.69, 9.17) is 4.74 Å². The minimum absolute atomic E-state index is 0.123. The molecule has 0 spiro atoms. The largest absolute Gasteiger partial charge is 0.445 e. The highest BCUT2D eigenvalue weighted by Crippen LogP contribution is 2.34. The van der Waals surface area contributed by atoms with Crippen LogP contribution in [0.1, 0.15) is 27.7 Å². The highest BCUT2D eigenvalue weighted by Gasteiger charge is 2.32. The molecule has 0 saturated heterocycles. The molecule has 1 aliphatic rings. The summed E-state index contributed by atoms with van der Waals surface area (Å²) in [5, 5.41) is 4.67. The van der Waals surface area contributed by atoms with Crippen molar-refractivity contribution in [3.8, 4) is 0 Å². The molecule has 5 nitrogen and oxygen atoms in total. The van der Waals surface area contributed by atoms with Gasteiger partial charge in [0, 0.05) is 23.6 Å². The van der Waals surface area contributed by atoms with Gasteiger partial charge in [-0.25, -0.2) is 4.79 Å². The van der Waals surface area contributed by atoms with Crippen molar-refractivity contribution in [2.24, 2.45) is 0 Å². The van der Waals surface area contributed by atoms with E-state index in [1.54, 1.807) is 7.05 Å². The van der Waals surface area contributed by atoms with Gasteiger partial charge in [-0.2, -0.15) is 0 Å². The molecule has 0 radical (unpaired) electrons. The molecular weight excluding hydrogens is 328 g/mol. The Morgan fingerprint density at radius 3 is 2.54 bits per heavy atom. The first-order valence-electron chi connectivity index (χ1n) is 8.41. The van der Waals surface area contributed by atoms with Crippen molar-refractivity contribution < 1.29 is 14.3 Å². The monoisotopic (exact) mass is 346 g/mol. The standard InChI is InChI=1S/C21H18N2O3/c1-23-19(22-21(25)26-13-14-7-3-2-4-8-14)16-11-5-9-15-10-6-12-17(18(15)16)20(23)24/h2-12,19H,13H2,1H3,(H,22,25). The average Bonchev–Trinajstić information content (AvgIpc) is 2.68. The molecule has 2 amide bonds. The quantitative estimate of drug-likeness (QED) is 0.784. The van der Waals surface area contributed by atoms with Crippen LogP contribution >= 0.6 is 0 Å². The lowest BCUT2D eigenvalue weighted by molar-refractivity contribution is 0.0671. The van der Waals surface area contributed by atoms with Crippen LogP contribution in [0.5, 0.6) is 0 Å². The summed E-state index contributed by atoms with van der Waals surface area (Å²) in [6, 6.07) is 20.9. The van der Waals surface area contributed by atoms with Gasteiger partial charge < -0.3 is 9.64 Å². The number of hydrogen-bond acceptors (Lipinski definition) is 3. The lowest BCUT2D eigenvalue weighted by atomic mass is 9.93. The number of carbonyl (C=O) groups excluding carboxylic acids is 2. The van der Waals surface area contributed by atoms with Crippen molar-refractivity contribution in [2.45, 2.75) is 12.8 Å². The number of carbonyl (C=O) groups is 2. The smallest absolute Gasteiger partial charge is 0.409 e. The Kier molecular flexibility index (Phi) is 4.05. The molecule has 0 aromatic heterocycles. The summed E-state index contributed by atoms with van der Waals surface area (Å²) in [6.07, 6.45) is -1.13. The second kappa shape index (κ2) is 6.52. The van der Waals surface area contributed by atoms with Gasteiger partial charge in [0.2, 0.25) is 0 Å². The summed E-state index contributed by atoms with van der Waals surface area (Å²) >= 11 is 0. The number of benzene rings is 3. The number of alkyl carbamates (subject to hydrolysis) is 1. The Hall–Kier alpha value is -3.34. The van der Waals surface area contributed by atoms with Gasteiger partial charge in [0.25, 0.3) is 5.91 Å². The number of ether oxygens (including phenoxy) is 1. The predicted molar refractivity (Wildman–Crippen MR) is 98.5 cm³/mol. The van der Waals surface area contributed by atoms with Crippen LogP contribution in [0.15, 0.2) is 66.7 Å². The molecule has 0 aliphatic carbocycles. The summed E-state index contributed by atoms with van der Waals surface area (Å²) < 4.78 is 5.31. The summed E-state index contributed by atoms with van der Waals surface area (Å²) in [5.74, 6) is -0.123. The van der Waals surface area contributed by atoms with E-state index in [-0.39, 0.29) is 12.5 Å². The van der Waals surface area contributed by atoms with E-state index >= 15 is 0 Å². The van der Waals surface area contributed by atoms with Crippen LogP contribution in [-0.2, 0) is 11.3 Å². The van der Waals surface area contributed by atoms with Gasteiger partial charge in [0.1, 0.15) is 12.8 Å². The van der Waals surface area contributed by atoms with Gasteiger partial charge in [-0.3, -0.25) is 10.1 Å². The third kappa shape index (κ3) is 2.77. The molecule has 0 saturated carbocycles. The maximum Gasteiger partial charge on any atom is 0.409 e. The molecule has 1 aliphatic heterocycles. The molecule has 130 valence electrons. The second-order valence-corrected chi connectivity index (χ2v) is 6.28. The Morgan fingerprint density at radius 2 is 1.77 bits per heavy atom. The van der Waals surface area contributed by atoms with Crippen LogP contribution in [0.3, 0.4) is 0 Å². The number of rotatable bonds is 3. The SMILES string of the molecule is CN1C(=O)c2cccc3cccc(c23)C1NC(=O)OCc1ccccc1. The third-order valence-corrected chi connectivity index (χ3v) is 4.64. The van der Waals surface area contributed by atoms with Crippen LogP contribution in [0.25, 0.3) is 10.8 Å². The van der Waals surface area contributed by atoms with Crippen LogP contribution < -0.4 is 5.32 Å². The van der Waals surface area contributed by atoms with Gasteiger partial charge in [-0.15, -0.1) is 0 Å². The zero-order valence-electron chi connectivity index (χ0n) is 14.3. The summed E-state index contributed by atoms with van der Waals surface area (Å²) in [4.78, 5) is 26.5.